The topological polar surface area (TPSA) is 115 Å². The first kappa shape index (κ1) is 23.3. The van der Waals surface area contributed by atoms with Crippen molar-refractivity contribution < 1.29 is 30.0 Å². The summed E-state index contributed by atoms with van der Waals surface area (Å²) in [5.41, 5.74) is 0.662. The second kappa shape index (κ2) is 13.5. The Balaban J connectivity index is 0.000000210. The molecule has 152 valence electrons. The Morgan fingerprint density at radius 1 is 0.714 bits per heavy atom. The summed E-state index contributed by atoms with van der Waals surface area (Å²) in [5.74, 6) is -0.831. The van der Waals surface area contributed by atoms with Crippen LogP contribution in [-0.4, -0.2) is 45.6 Å². The lowest BCUT2D eigenvalue weighted by atomic mass is 9.82. The SMILES string of the molecule is O=C(O)c1ccccc1.O=C(O)c1ccccc1.OCC1CCCC(CO)C1. The average molecular weight is 388 g/mol. The zero-order chi connectivity index (χ0) is 20.8. The normalized spacial score (nSPS) is 17.9. The Morgan fingerprint density at radius 2 is 1.07 bits per heavy atom. The van der Waals surface area contributed by atoms with Gasteiger partial charge >= 0.3 is 11.9 Å². The zero-order valence-corrected chi connectivity index (χ0v) is 15.8. The first-order valence-electron chi connectivity index (χ1n) is 9.26. The summed E-state index contributed by atoms with van der Waals surface area (Å²) < 4.78 is 0. The maximum atomic E-state index is 10.2. The minimum atomic E-state index is -0.879. The van der Waals surface area contributed by atoms with Gasteiger partial charge in [0.2, 0.25) is 0 Å². The molecular weight excluding hydrogens is 360 g/mol. The molecule has 1 saturated carbocycles. The molecule has 2 aromatic carbocycles. The predicted molar refractivity (Wildman–Crippen MR) is 106 cm³/mol. The molecule has 1 aliphatic carbocycles. The summed E-state index contributed by atoms with van der Waals surface area (Å²) in [6.07, 6.45) is 4.49. The zero-order valence-electron chi connectivity index (χ0n) is 15.8. The molecule has 6 nitrogen and oxygen atoms in total. The molecule has 0 aromatic heterocycles. The predicted octanol–water partition coefficient (Wildman–Crippen LogP) is 3.55. The lowest BCUT2D eigenvalue weighted by Crippen LogP contribution is -2.20. The third kappa shape index (κ3) is 9.30. The van der Waals surface area contributed by atoms with Crippen LogP contribution < -0.4 is 0 Å². The van der Waals surface area contributed by atoms with Crippen LogP contribution in [0.25, 0.3) is 0 Å². The van der Waals surface area contributed by atoms with Gasteiger partial charge < -0.3 is 20.4 Å². The van der Waals surface area contributed by atoms with Crippen molar-refractivity contribution in [3.05, 3.63) is 71.8 Å². The van der Waals surface area contributed by atoms with E-state index in [4.69, 9.17) is 20.4 Å². The van der Waals surface area contributed by atoms with Gasteiger partial charge in [0.1, 0.15) is 0 Å². The minimum absolute atomic E-state index is 0.302. The molecule has 0 aliphatic heterocycles. The van der Waals surface area contributed by atoms with Gasteiger partial charge in [0.25, 0.3) is 0 Å². The van der Waals surface area contributed by atoms with E-state index in [-0.39, 0.29) is 0 Å². The minimum Gasteiger partial charge on any atom is -0.478 e. The summed E-state index contributed by atoms with van der Waals surface area (Å²) in [7, 11) is 0. The van der Waals surface area contributed by atoms with Crippen molar-refractivity contribution in [1.82, 2.24) is 0 Å². The Hall–Kier alpha value is -2.70. The van der Waals surface area contributed by atoms with Crippen LogP contribution in [-0.2, 0) is 0 Å². The second-order valence-corrected chi connectivity index (χ2v) is 6.61. The summed E-state index contributed by atoms with van der Waals surface area (Å²) >= 11 is 0. The van der Waals surface area contributed by atoms with Crippen LogP contribution in [0.15, 0.2) is 60.7 Å². The van der Waals surface area contributed by atoms with E-state index in [1.807, 2.05) is 0 Å². The number of hydrogen-bond donors (Lipinski definition) is 4. The quantitative estimate of drug-likeness (QED) is 0.637. The van der Waals surface area contributed by atoms with Crippen molar-refractivity contribution >= 4 is 11.9 Å². The third-order valence-corrected chi connectivity index (χ3v) is 4.45. The van der Waals surface area contributed by atoms with Gasteiger partial charge in [-0.1, -0.05) is 42.8 Å². The van der Waals surface area contributed by atoms with Gasteiger partial charge in [-0.05, 0) is 55.4 Å². The molecule has 2 atom stereocenters. The molecule has 1 aliphatic rings. The monoisotopic (exact) mass is 388 g/mol. The van der Waals surface area contributed by atoms with Crippen LogP contribution in [0.4, 0.5) is 0 Å². The van der Waals surface area contributed by atoms with Crippen LogP contribution in [0.1, 0.15) is 46.4 Å². The fourth-order valence-corrected chi connectivity index (χ4v) is 2.90. The Morgan fingerprint density at radius 3 is 1.32 bits per heavy atom. The lowest BCUT2D eigenvalue weighted by Gasteiger charge is -2.26. The van der Waals surface area contributed by atoms with Gasteiger partial charge in [0.05, 0.1) is 11.1 Å². The van der Waals surface area contributed by atoms with Crippen LogP contribution >= 0.6 is 0 Å². The maximum absolute atomic E-state index is 10.2. The first-order chi connectivity index (χ1) is 13.5. The van der Waals surface area contributed by atoms with E-state index in [0.29, 0.717) is 36.2 Å². The van der Waals surface area contributed by atoms with E-state index in [2.05, 4.69) is 0 Å². The number of aliphatic hydroxyl groups excluding tert-OH is 2. The van der Waals surface area contributed by atoms with E-state index in [0.717, 1.165) is 19.3 Å². The van der Waals surface area contributed by atoms with E-state index in [1.54, 1.807) is 60.7 Å². The number of aliphatic hydroxyl groups is 2. The number of carboxylic acids is 2. The smallest absolute Gasteiger partial charge is 0.335 e. The molecule has 2 aromatic rings. The Bertz CT molecular complexity index is 627. The van der Waals surface area contributed by atoms with Gasteiger partial charge in [-0.2, -0.15) is 0 Å². The number of rotatable bonds is 4. The van der Waals surface area contributed by atoms with Crippen LogP contribution in [0.2, 0.25) is 0 Å². The van der Waals surface area contributed by atoms with Gasteiger partial charge in [0, 0.05) is 13.2 Å². The lowest BCUT2D eigenvalue weighted by molar-refractivity contribution is 0.0686. The highest BCUT2D eigenvalue weighted by Crippen LogP contribution is 2.27. The van der Waals surface area contributed by atoms with Crippen LogP contribution in [0.3, 0.4) is 0 Å². The molecule has 2 unspecified atom stereocenters. The average Bonchev–Trinajstić information content (AvgIpc) is 2.76. The first-order valence-corrected chi connectivity index (χ1v) is 9.26. The number of aromatic carboxylic acids is 2. The van der Waals surface area contributed by atoms with Crippen molar-refractivity contribution in [2.45, 2.75) is 25.7 Å². The van der Waals surface area contributed by atoms with Crippen molar-refractivity contribution in [2.24, 2.45) is 11.8 Å². The molecule has 28 heavy (non-hydrogen) atoms. The Labute approximate surface area is 165 Å². The van der Waals surface area contributed by atoms with Gasteiger partial charge in [-0.15, -0.1) is 0 Å². The fourth-order valence-electron chi connectivity index (χ4n) is 2.90. The van der Waals surface area contributed by atoms with Crippen LogP contribution in [0, 0.1) is 11.8 Å². The van der Waals surface area contributed by atoms with E-state index in [1.165, 1.54) is 6.42 Å². The fraction of sp³-hybridized carbons (Fsp3) is 0.364. The van der Waals surface area contributed by atoms with Crippen LogP contribution in [0.5, 0.6) is 0 Å². The molecule has 4 N–H and O–H groups in total. The highest BCUT2D eigenvalue weighted by molar-refractivity contribution is 5.87. The summed E-state index contributed by atoms with van der Waals surface area (Å²) in [4.78, 5) is 20.4. The summed E-state index contributed by atoms with van der Waals surface area (Å²) in [6.45, 7) is 0.604. The molecule has 0 amide bonds. The molecule has 0 saturated heterocycles. The summed E-state index contributed by atoms with van der Waals surface area (Å²) in [6, 6.07) is 16.6. The number of benzene rings is 2. The molecule has 0 spiro atoms. The van der Waals surface area contributed by atoms with Crippen molar-refractivity contribution in [2.75, 3.05) is 13.2 Å². The third-order valence-electron chi connectivity index (χ3n) is 4.45. The molecule has 0 bridgehead atoms. The summed E-state index contributed by atoms with van der Waals surface area (Å²) in [5, 5.41) is 34.4. The molecule has 6 heteroatoms. The highest BCUT2D eigenvalue weighted by Gasteiger charge is 2.20. The van der Waals surface area contributed by atoms with E-state index in [9.17, 15) is 9.59 Å². The van der Waals surface area contributed by atoms with E-state index < -0.39 is 11.9 Å². The second-order valence-electron chi connectivity index (χ2n) is 6.61. The van der Waals surface area contributed by atoms with Crippen molar-refractivity contribution in [1.29, 1.82) is 0 Å². The number of hydrogen-bond acceptors (Lipinski definition) is 4. The molecular formula is C22H28O6. The van der Waals surface area contributed by atoms with Gasteiger partial charge in [0.15, 0.2) is 0 Å². The van der Waals surface area contributed by atoms with Gasteiger partial charge in [-0.25, -0.2) is 9.59 Å². The highest BCUT2D eigenvalue weighted by atomic mass is 16.4. The van der Waals surface area contributed by atoms with Crippen molar-refractivity contribution in [3.63, 3.8) is 0 Å². The molecule has 0 heterocycles. The van der Waals surface area contributed by atoms with E-state index >= 15 is 0 Å². The number of carboxylic acid groups (broad SMARTS) is 2. The Kier molecular flexibility index (Phi) is 11.2. The molecule has 1 fully saturated rings. The number of carbonyl (C=O) groups is 2. The largest absolute Gasteiger partial charge is 0.478 e. The maximum Gasteiger partial charge on any atom is 0.335 e. The standard InChI is InChI=1S/C8H16O2.2C7H6O2/c9-5-7-2-1-3-8(4-7)6-10;2*8-7(9)6-4-2-1-3-5-6/h7-10H,1-6H2;2*1-5H,(H,8,9). The van der Waals surface area contributed by atoms with Gasteiger partial charge in [-0.3, -0.25) is 0 Å². The molecule has 3 rings (SSSR count). The van der Waals surface area contributed by atoms with Crippen molar-refractivity contribution in [3.8, 4) is 0 Å². The molecule has 0 radical (unpaired) electrons.